The van der Waals surface area contributed by atoms with E-state index in [0.29, 0.717) is 24.3 Å². The molecule has 3 rings (SSSR count). The lowest BCUT2D eigenvalue weighted by Crippen LogP contribution is -2.56. The monoisotopic (exact) mass is 332 g/mol. The SMILES string of the molecule is C=NC(N)=Nc1ccc(N2CCN(C3COC3)CC2)c(OCC)n1. The summed E-state index contributed by atoms with van der Waals surface area (Å²) in [5.41, 5.74) is 6.58. The predicted molar refractivity (Wildman–Crippen MR) is 94.6 cm³/mol. The molecular weight excluding hydrogens is 308 g/mol. The number of ether oxygens (including phenoxy) is 2. The molecule has 1 aromatic rings. The molecule has 1 aromatic heterocycles. The normalized spacial score (nSPS) is 19.9. The van der Waals surface area contributed by atoms with Crippen molar-refractivity contribution in [1.29, 1.82) is 0 Å². The van der Waals surface area contributed by atoms with E-state index in [9.17, 15) is 0 Å². The summed E-state index contributed by atoms with van der Waals surface area (Å²) in [6.07, 6.45) is 0. The summed E-state index contributed by atoms with van der Waals surface area (Å²) in [6.45, 7) is 11.5. The molecule has 24 heavy (non-hydrogen) atoms. The van der Waals surface area contributed by atoms with Crippen LogP contribution >= 0.6 is 0 Å². The van der Waals surface area contributed by atoms with Gasteiger partial charge in [0.25, 0.3) is 0 Å². The Balaban J connectivity index is 1.73. The summed E-state index contributed by atoms with van der Waals surface area (Å²) < 4.78 is 11.0. The zero-order valence-electron chi connectivity index (χ0n) is 14.0. The minimum Gasteiger partial charge on any atom is -0.476 e. The Hall–Kier alpha value is -2.19. The molecule has 0 amide bonds. The number of guanidine groups is 1. The maximum Gasteiger partial charge on any atom is 0.239 e. The molecule has 0 aromatic carbocycles. The number of hydrogen-bond acceptors (Lipinski definition) is 6. The van der Waals surface area contributed by atoms with Gasteiger partial charge in [0.05, 0.1) is 25.9 Å². The van der Waals surface area contributed by atoms with Gasteiger partial charge < -0.3 is 20.1 Å². The van der Waals surface area contributed by atoms with Gasteiger partial charge >= 0.3 is 0 Å². The summed E-state index contributed by atoms with van der Waals surface area (Å²) in [6, 6.07) is 4.39. The average molecular weight is 332 g/mol. The summed E-state index contributed by atoms with van der Waals surface area (Å²) in [7, 11) is 0. The van der Waals surface area contributed by atoms with Gasteiger partial charge in [-0.2, -0.15) is 9.98 Å². The van der Waals surface area contributed by atoms with E-state index >= 15 is 0 Å². The molecule has 0 unspecified atom stereocenters. The molecule has 8 heteroatoms. The number of hydrogen-bond donors (Lipinski definition) is 1. The average Bonchev–Trinajstić information content (AvgIpc) is 2.55. The van der Waals surface area contributed by atoms with E-state index in [-0.39, 0.29) is 5.96 Å². The van der Waals surface area contributed by atoms with Gasteiger partial charge in [-0.1, -0.05) is 0 Å². The first-order valence-corrected chi connectivity index (χ1v) is 8.22. The summed E-state index contributed by atoms with van der Waals surface area (Å²) in [5, 5.41) is 0. The van der Waals surface area contributed by atoms with Crippen LogP contribution in [0.15, 0.2) is 22.1 Å². The number of aromatic nitrogens is 1. The van der Waals surface area contributed by atoms with Crippen molar-refractivity contribution in [3.63, 3.8) is 0 Å². The van der Waals surface area contributed by atoms with Crippen LogP contribution in [0.25, 0.3) is 0 Å². The zero-order valence-corrected chi connectivity index (χ0v) is 14.0. The van der Waals surface area contributed by atoms with Crippen LogP contribution in [-0.2, 0) is 4.74 Å². The highest BCUT2D eigenvalue weighted by atomic mass is 16.5. The van der Waals surface area contributed by atoms with Crippen LogP contribution in [0, 0.1) is 0 Å². The maximum absolute atomic E-state index is 5.71. The van der Waals surface area contributed by atoms with Gasteiger partial charge in [-0.05, 0) is 25.8 Å². The third-order valence-electron chi connectivity index (χ3n) is 4.29. The van der Waals surface area contributed by atoms with Crippen LogP contribution in [0.1, 0.15) is 6.92 Å². The number of rotatable bonds is 5. The minimum atomic E-state index is 0.0917. The molecule has 0 spiro atoms. The van der Waals surface area contributed by atoms with Gasteiger partial charge in [0.1, 0.15) is 5.69 Å². The predicted octanol–water partition coefficient (Wildman–Crippen LogP) is 0.648. The van der Waals surface area contributed by atoms with Crippen LogP contribution in [0.4, 0.5) is 11.5 Å². The van der Waals surface area contributed by atoms with E-state index in [1.807, 2.05) is 19.1 Å². The Kier molecular flexibility index (Phi) is 5.27. The fraction of sp³-hybridized carbons (Fsp3) is 0.562. The van der Waals surface area contributed by atoms with Crippen LogP contribution in [0.2, 0.25) is 0 Å². The van der Waals surface area contributed by atoms with E-state index in [1.54, 1.807) is 0 Å². The first-order valence-electron chi connectivity index (χ1n) is 8.22. The third kappa shape index (κ3) is 3.65. The second-order valence-electron chi connectivity index (χ2n) is 5.77. The van der Waals surface area contributed by atoms with Gasteiger partial charge in [0.15, 0.2) is 5.82 Å². The van der Waals surface area contributed by atoms with Crippen molar-refractivity contribution < 1.29 is 9.47 Å². The second kappa shape index (κ2) is 7.59. The van der Waals surface area contributed by atoms with Gasteiger partial charge in [0.2, 0.25) is 11.8 Å². The quantitative estimate of drug-likeness (QED) is 0.629. The van der Waals surface area contributed by atoms with Crippen LogP contribution < -0.4 is 15.4 Å². The lowest BCUT2D eigenvalue weighted by atomic mass is 10.1. The van der Waals surface area contributed by atoms with Gasteiger partial charge in [-0.15, -0.1) is 0 Å². The standard InChI is InChI=1S/C16H24N6O2/c1-3-24-15-13(4-5-14(19-15)20-16(17)18-2)22-8-6-21(7-9-22)12-10-23-11-12/h4-5,12H,2-3,6-11H2,1H3,(H2,17,19,20). The molecule has 2 aliphatic heterocycles. The highest BCUT2D eigenvalue weighted by Crippen LogP contribution is 2.30. The van der Waals surface area contributed by atoms with Crippen molar-refractivity contribution in [2.45, 2.75) is 13.0 Å². The molecular formula is C16H24N6O2. The first-order chi connectivity index (χ1) is 11.7. The number of piperazine rings is 1. The number of aliphatic imine (C=N–C) groups is 2. The molecule has 0 aliphatic carbocycles. The van der Waals surface area contributed by atoms with Crippen molar-refractivity contribution in [2.24, 2.45) is 15.7 Å². The summed E-state index contributed by atoms with van der Waals surface area (Å²) in [5.74, 6) is 1.14. The molecule has 2 fully saturated rings. The highest BCUT2D eigenvalue weighted by Gasteiger charge is 2.29. The van der Waals surface area contributed by atoms with Crippen molar-refractivity contribution >= 4 is 24.2 Å². The lowest BCUT2D eigenvalue weighted by Gasteiger charge is -2.43. The Morgan fingerprint density at radius 2 is 2.12 bits per heavy atom. The Labute approximate surface area is 142 Å². The molecule has 0 atom stereocenters. The van der Waals surface area contributed by atoms with E-state index < -0.39 is 0 Å². The lowest BCUT2D eigenvalue weighted by molar-refractivity contribution is -0.0660. The molecule has 0 bridgehead atoms. The van der Waals surface area contributed by atoms with Crippen LogP contribution in [-0.4, -0.2) is 74.6 Å². The Morgan fingerprint density at radius 1 is 1.38 bits per heavy atom. The number of nitrogens with zero attached hydrogens (tertiary/aromatic N) is 5. The topological polar surface area (TPSA) is 88.6 Å². The molecule has 2 saturated heterocycles. The van der Waals surface area contributed by atoms with Crippen molar-refractivity contribution in [3.8, 4) is 5.88 Å². The molecule has 0 saturated carbocycles. The molecule has 3 heterocycles. The Morgan fingerprint density at radius 3 is 2.71 bits per heavy atom. The maximum atomic E-state index is 5.71. The van der Waals surface area contributed by atoms with E-state index in [4.69, 9.17) is 15.2 Å². The minimum absolute atomic E-state index is 0.0917. The van der Waals surface area contributed by atoms with Crippen LogP contribution in [0.3, 0.4) is 0 Å². The fourth-order valence-corrected chi connectivity index (χ4v) is 2.88. The second-order valence-corrected chi connectivity index (χ2v) is 5.77. The smallest absolute Gasteiger partial charge is 0.239 e. The van der Waals surface area contributed by atoms with Crippen LogP contribution in [0.5, 0.6) is 5.88 Å². The van der Waals surface area contributed by atoms with E-state index in [2.05, 4.69) is 31.5 Å². The fourth-order valence-electron chi connectivity index (χ4n) is 2.88. The highest BCUT2D eigenvalue weighted by molar-refractivity contribution is 5.84. The van der Waals surface area contributed by atoms with Crippen molar-refractivity contribution in [1.82, 2.24) is 9.88 Å². The number of nitrogens with two attached hydrogens (primary N) is 1. The first kappa shape index (κ1) is 16.7. The molecule has 0 radical (unpaired) electrons. The summed E-state index contributed by atoms with van der Waals surface area (Å²) in [4.78, 5) is 16.9. The zero-order chi connectivity index (χ0) is 16.9. The van der Waals surface area contributed by atoms with Gasteiger partial charge in [-0.25, -0.2) is 4.99 Å². The van der Waals surface area contributed by atoms with Gasteiger partial charge in [-0.3, -0.25) is 4.90 Å². The summed E-state index contributed by atoms with van der Waals surface area (Å²) >= 11 is 0. The van der Waals surface area contributed by atoms with Gasteiger partial charge in [0, 0.05) is 26.2 Å². The van der Waals surface area contributed by atoms with E-state index in [1.165, 1.54) is 0 Å². The largest absolute Gasteiger partial charge is 0.476 e. The molecule has 130 valence electrons. The van der Waals surface area contributed by atoms with E-state index in [0.717, 1.165) is 45.1 Å². The number of anilines is 1. The van der Waals surface area contributed by atoms with Crippen molar-refractivity contribution in [2.75, 3.05) is 50.9 Å². The van der Waals surface area contributed by atoms with Crippen molar-refractivity contribution in [3.05, 3.63) is 12.1 Å². The molecule has 8 nitrogen and oxygen atoms in total. The molecule has 2 N–H and O–H groups in total. The third-order valence-corrected chi connectivity index (χ3v) is 4.29. The molecule has 2 aliphatic rings. The number of pyridine rings is 1. The Bertz CT molecular complexity index is 609.